The number of alkyl carbamates (subject to hydrolysis) is 1. The lowest BCUT2D eigenvalue weighted by molar-refractivity contribution is -0.162. The summed E-state index contributed by atoms with van der Waals surface area (Å²) in [6.07, 6.45) is 5.27. The molecule has 2 N–H and O–H groups in total. The molecule has 3 aliphatic rings. The number of amides is 5. The second-order valence-corrected chi connectivity index (χ2v) is 16.2. The first-order valence-electron chi connectivity index (χ1n) is 18.4. The average molecular weight is 805 g/mol. The van der Waals surface area contributed by atoms with Crippen LogP contribution in [-0.4, -0.2) is 121 Å². The third-order valence-electron chi connectivity index (χ3n) is 10.5. The summed E-state index contributed by atoms with van der Waals surface area (Å²) in [6, 6.07) is 4.53. The van der Waals surface area contributed by atoms with E-state index in [0.29, 0.717) is 29.4 Å². The maximum atomic E-state index is 13.4. The first-order chi connectivity index (χ1) is 26.0. The Labute approximate surface area is 332 Å². The number of nitrogens with zero attached hydrogens (tertiary/aromatic N) is 2. The third kappa shape index (κ3) is 11.3. The molecular formula is C39H53ClN4O10S. The molecule has 0 saturated carbocycles. The van der Waals surface area contributed by atoms with Crippen LogP contribution in [-0.2, 0) is 44.6 Å². The maximum absolute atomic E-state index is 13.4. The lowest BCUT2D eigenvalue weighted by Crippen LogP contribution is -2.49. The number of likely N-dealkylation sites (tertiary alicyclic amines) is 1. The zero-order chi connectivity index (χ0) is 40.6. The monoisotopic (exact) mass is 804 g/mol. The molecule has 3 fully saturated rings. The Hall–Kier alpha value is -4.08. The van der Waals surface area contributed by atoms with Crippen molar-refractivity contribution >= 4 is 59.1 Å². The standard InChI is InChI=1S/C39H53ClN4O10S/c1-22(17-25-13-14-27(40)29(18-25)51-8)11-9-10-12-26-19-28(52-38(50)42-26)23(2)35-39(4,54-35)31(21-32(45)41-5)53-37(49)24(3)43(6)33(46)15-16-55-30-20-34(47)44(7)36(30)48/h9-11,13-14,18,23-24,26,28,30-31,35H,12,15-17,19-21H2,1-8H3,(H,41,45)(H,42,50)/b10-9+,22-11+/t23-,24?,26?,28?,30?,31+,35?,39?/m1/s1. The minimum Gasteiger partial charge on any atom is -0.495 e. The molecule has 1 aromatic rings. The number of ether oxygens (including phenoxy) is 4. The fraction of sp³-hybridized carbons (Fsp3) is 0.590. The number of thioether (sulfide) groups is 1. The number of epoxide rings is 1. The Kier molecular flexibility index (Phi) is 15.2. The van der Waals surface area contributed by atoms with Crippen LogP contribution in [0.5, 0.6) is 5.75 Å². The summed E-state index contributed by atoms with van der Waals surface area (Å²) in [5.41, 5.74) is 1.15. The van der Waals surface area contributed by atoms with Gasteiger partial charge in [0.2, 0.25) is 23.6 Å². The largest absolute Gasteiger partial charge is 0.495 e. The highest BCUT2D eigenvalue weighted by atomic mass is 35.5. The van der Waals surface area contributed by atoms with Crippen molar-refractivity contribution in [1.82, 2.24) is 20.4 Å². The van der Waals surface area contributed by atoms with Crippen LogP contribution in [0, 0.1) is 5.92 Å². The summed E-state index contributed by atoms with van der Waals surface area (Å²) in [4.78, 5) is 77.9. The molecular weight excluding hydrogens is 752 g/mol. The van der Waals surface area contributed by atoms with Gasteiger partial charge >= 0.3 is 12.1 Å². The zero-order valence-electron chi connectivity index (χ0n) is 32.7. The molecule has 14 nitrogen and oxygen atoms in total. The van der Waals surface area contributed by atoms with Crippen molar-refractivity contribution in [3.63, 3.8) is 0 Å². The smallest absolute Gasteiger partial charge is 0.407 e. The van der Waals surface area contributed by atoms with E-state index in [-0.39, 0.29) is 54.9 Å². The van der Waals surface area contributed by atoms with Gasteiger partial charge in [-0.3, -0.25) is 24.1 Å². The van der Waals surface area contributed by atoms with E-state index >= 15 is 0 Å². The first-order valence-corrected chi connectivity index (χ1v) is 19.8. The van der Waals surface area contributed by atoms with Crippen molar-refractivity contribution in [2.45, 2.75) is 107 Å². The van der Waals surface area contributed by atoms with Gasteiger partial charge in [0, 0.05) is 58.1 Å². The quantitative estimate of drug-likeness (QED) is 0.0942. The minimum atomic E-state index is -1.05. The second kappa shape index (κ2) is 19.2. The number of cyclic esters (lactones) is 1. The van der Waals surface area contributed by atoms with Crippen LogP contribution in [0.3, 0.4) is 0 Å². The molecule has 0 aliphatic carbocycles. The van der Waals surface area contributed by atoms with E-state index in [4.69, 9.17) is 30.5 Å². The Morgan fingerprint density at radius 3 is 2.62 bits per heavy atom. The summed E-state index contributed by atoms with van der Waals surface area (Å²) < 4.78 is 23.1. The number of hydrogen-bond acceptors (Lipinski definition) is 11. The van der Waals surface area contributed by atoms with Gasteiger partial charge in [-0.1, -0.05) is 48.4 Å². The highest BCUT2D eigenvalue weighted by Crippen LogP contribution is 2.48. The highest BCUT2D eigenvalue weighted by molar-refractivity contribution is 8.00. The number of likely N-dealkylation sites (N-methyl/N-ethyl adjacent to an activating group) is 1. The fourth-order valence-electron chi connectivity index (χ4n) is 6.76. The predicted molar refractivity (Wildman–Crippen MR) is 208 cm³/mol. The molecule has 3 heterocycles. The van der Waals surface area contributed by atoms with E-state index in [1.54, 1.807) is 14.0 Å². The molecule has 302 valence electrons. The number of esters is 1. The predicted octanol–water partition coefficient (Wildman–Crippen LogP) is 4.22. The average Bonchev–Trinajstić information content (AvgIpc) is 3.79. The van der Waals surface area contributed by atoms with Gasteiger partial charge < -0.3 is 34.5 Å². The van der Waals surface area contributed by atoms with E-state index in [1.807, 2.05) is 50.3 Å². The molecule has 3 saturated heterocycles. The first kappa shape index (κ1) is 43.6. The number of methoxy groups -OCH3 is 1. The normalized spacial score (nSPS) is 25.5. The Bertz CT molecular complexity index is 1690. The van der Waals surface area contributed by atoms with Crippen molar-refractivity contribution < 1.29 is 47.7 Å². The lowest BCUT2D eigenvalue weighted by atomic mass is 9.85. The van der Waals surface area contributed by atoms with E-state index < -0.39 is 47.3 Å². The van der Waals surface area contributed by atoms with Crippen molar-refractivity contribution in [2.24, 2.45) is 5.92 Å². The van der Waals surface area contributed by atoms with Gasteiger partial charge in [-0.15, -0.1) is 11.8 Å². The molecule has 16 heteroatoms. The maximum Gasteiger partial charge on any atom is 0.407 e. The van der Waals surface area contributed by atoms with Crippen LogP contribution in [0.1, 0.15) is 65.4 Å². The van der Waals surface area contributed by atoms with Gasteiger partial charge in [-0.2, -0.15) is 0 Å². The molecule has 0 radical (unpaired) electrons. The van der Waals surface area contributed by atoms with Gasteiger partial charge in [0.05, 0.1) is 29.9 Å². The highest BCUT2D eigenvalue weighted by Gasteiger charge is 2.63. The molecule has 55 heavy (non-hydrogen) atoms. The van der Waals surface area contributed by atoms with Crippen molar-refractivity contribution in [3.8, 4) is 5.75 Å². The molecule has 0 aromatic heterocycles. The Morgan fingerprint density at radius 2 is 1.96 bits per heavy atom. The van der Waals surface area contributed by atoms with Crippen LogP contribution in [0.2, 0.25) is 5.02 Å². The second-order valence-electron chi connectivity index (χ2n) is 14.5. The van der Waals surface area contributed by atoms with Crippen LogP contribution in [0.25, 0.3) is 0 Å². The third-order valence-corrected chi connectivity index (χ3v) is 12.0. The van der Waals surface area contributed by atoms with E-state index in [0.717, 1.165) is 22.5 Å². The Balaban J connectivity index is 1.31. The number of carbonyl (C=O) groups is 6. The minimum absolute atomic E-state index is 0.0466. The molecule has 0 bridgehead atoms. The number of rotatable bonds is 18. The molecule has 8 atom stereocenters. The van der Waals surface area contributed by atoms with E-state index in [9.17, 15) is 28.8 Å². The van der Waals surface area contributed by atoms with Gasteiger partial charge in [0.1, 0.15) is 29.6 Å². The number of hydrogen-bond donors (Lipinski definition) is 2. The molecule has 1 aromatic carbocycles. The summed E-state index contributed by atoms with van der Waals surface area (Å²) in [6.45, 7) is 7.23. The van der Waals surface area contributed by atoms with Crippen LogP contribution in [0.4, 0.5) is 4.79 Å². The summed E-state index contributed by atoms with van der Waals surface area (Å²) in [7, 11) is 5.99. The van der Waals surface area contributed by atoms with Crippen molar-refractivity contribution in [3.05, 3.63) is 52.6 Å². The molecule has 0 spiro atoms. The van der Waals surface area contributed by atoms with Crippen molar-refractivity contribution in [2.75, 3.05) is 34.0 Å². The van der Waals surface area contributed by atoms with Crippen molar-refractivity contribution in [1.29, 1.82) is 0 Å². The van der Waals surface area contributed by atoms with E-state index in [2.05, 4.69) is 10.6 Å². The van der Waals surface area contributed by atoms with Gasteiger partial charge in [-0.05, 0) is 51.3 Å². The summed E-state index contributed by atoms with van der Waals surface area (Å²) in [5, 5.41) is 5.49. The number of carbonyl (C=O) groups excluding carboxylic acids is 6. The van der Waals surface area contributed by atoms with Crippen LogP contribution >= 0.6 is 23.4 Å². The number of allylic oxidation sites excluding steroid dienone is 3. The van der Waals surface area contributed by atoms with Crippen LogP contribution < -0.4 is 15.4 Å². The Morgan fingerprint density at radius 1 is 1.24 bits per heavy atom. The SMILES string of the molecule is CNC(=O)C[C@H](OC(=O)C(C)N(C)C(=O)CCSC1CC(=O)N(C)C1=O)C1(C)OC1[C@H](C)C1CC(C/C=C/C=C(\C)Cc2ccc(Cl)c(OC)c2)NC(=O)O1. The molecule has 6 unspecified atom stereocenters. The number of halogens is 1. The lowest BCUT2D eigenvalue weighted by Gasteiger charge is -2.33. The van der Waals surface area contributed by atoms with Gasteiger partial charge in [0.25, 0.3) is 0 Å². The number of benzene rings is 1. The van der Waals surface area contributed by atoms with Gasteiger partial charge in [0.15, 0.2) is 0 Å². The van der Waals surface area contributed by atoms with E-state index in [1.165, 1.54) is 44.7 Å². The zero-order valence-corrected chi connectivity index (χ0v) is 34.3. The summed E-state index contributed by atoms with van der Waals surface area (Å²) >= 11 is 7.38. The molecule has 3 aliphatic heterocycles. The fourth-order valence-corrected chi connectivity index (χ4v) is 8.09. The molecule has 5 amide bonds. The van der Waals surface area contributed by atoms with Crippen LogP contribution in [0.15, 0.2) is 42.0 Å². The number of nitrogens with one attached hydrogen (secondary N) is 2. The summed E-state index contributed by atoms with van der Waals surface area (Å²) in [5.74, 6) is -1.32. The van der Waals surface area contributed by atoms with Gasteiger partial charge in [-0.25, -0.2) is 9.59 Å². The number of imide groups is 1. The topological polar surface area (TPSA) is 173 Å². The molecule has 4 rings (SSSR count).